The van der Waals surface area contributed by atoms with Crippen LogP contribution in [0.3, 0.4) is 0 Å². The summed E-state index contributed by atoms with van der Waals surface area (Å²) in [5, 5.41) is 3.01. The number of nitrogens with one attached hydrogen (secondary N) is 2. The van der Waals surface area contributed by atoms with E-state index in [-0.39, 0.29) is 5.91 Å². The molecule has 0 unspecified atom stereocenters. The Morgan fingerprint density at radius 2 is 1.64 bits per heavy atom. The van der Waals surface area contributed by atoms with E-state index in [0.29, 0.717) is 16.8 Å². The molecule has 0 saturated carbocycles. The van der Waals surface area contributed by atoms with Gasteiger partial charge in [-0.3, -0.25) is 9.52 Å². The Morgan fingerprint density at radius 3 is 2.12 bits per heavy atom. The van der Waals surface area contributed by atoms with Crippen LogP contribution in [0.1, 0.15) is 40.9 Å². The van der Waals surface area contributed by atoms with Gasteiger partial charge >= 0.3 is 0 Å². The second-order valence-corrected chi connectivity index (χ2v) is 7.76. The van der Waals surface area contributed by atoms with Crippen LogP contribution < -0.4 is 10.0 Å². The van der Waals surface area contributed by atoms with Gasteiger partial charge in [0.15, 0.2) is 0 Å². The van der Waals surface area contributed by atoms with E-state index >= 15 is 0 Å². The number of amides is 1. The number of hydrogen-bond donors (Lipinski definition) is 2. The van der Waals surface area contributed by atoms with Gasteiger partial charge in [-0.15, -0.1) is 0 Å². The van der Waals surface area contributed by atoms with Gasteiger partial charge < -0.3 is 5.32 Å². The molecule has 0 aliphatic carbocycles. The average Bonchev–Trinajstić information content (AvgIpc) is 2.55. The van der Waals surface area contributed by atoms with Gasteiger partial charge in [-0.25, -0.2) is 8.42 Å². The molecule has 0 spiro atoms. The summed E-state index contributed by atoms with van der Waals surface area (Å²) in [5.74, 6) is -0.204. The quantitative estimate of drug-likeness (QED) is 0.824. The molecular weight excluding hydrogens is 336 g/mol. The highest BCUT2D eigenvalue weighted by Crippen LogP contribution is 2.24. The lowest BCUT2D eigenvalue weighted by molar-refractivity contribution is 0.102. The minimum Gasteiger partial charge on any atom is -0.321 e. The lowest BCUT2D eigenvalue weighted by Gasteiger charge is -2.15. The molecule has 0 radical (unpaired) electrons. The van der Waals surface area contributed by atoms with E-state index in [0.717, 1.165) is 35.9 Å². The number of para-hydroxylation sites is 1. The summed E-state index contributed by atoms with van der Waals surface area (Å²) in [6.45, 7) is 5.88. The Balaban J connectivity index is 2.29. The van der Waals surface area contributed by atoms with Crippen molar-refractivity contribution < 1.29 is 13.2 Å². The predicted molar refractivity (Wildman–Crippen MR) is 103 cm³/mol. The lowest BCUT2D eigenvalue weighted by Crippen LogP contribution is -2.16. The van der Waals surface area contributed by atoms with Crippen LogP contribution in [0.4, 0.5) is 11.4 Å². The highest BCUT2D eigenvalue weighted by molar-refractivity contribution is 7.92. The first kappa shape index (κ1) is 19.0. The fourth-order valence-corrected chi connectivity index (χ4v) is 3.34. The Kier molecular flexibility index (Phi) is 5.85. The lowest BCUT2D eigenvalue weighted by atomic mass is 10.0. The van der Waals surface area contributed by atoms with Crippen LogP contribution in [-0.4, -0.2) is 20.6 Å². The van der Waals surface area contributed by atoms with E-state index in [4.69, 9.17) is 0 Å². The maximum Gasteiger partial charge on any atom is 0.255 e. The van der Waals surface area contributed by atoms with Crippen LogP contribution >= 0.6 is 0 Å². The zero-order valence-corrected chi connectivity index (χ0v) is 15.8. The normalized spacial score (nSPS) is 11.2. The van der Waals surface area contributed by atoms with Crippen LogP contribution in [0, 0.1) is 6.92 Å². The molecule has 0 heterocycles. The number of aryl methyl sites for hydroxylation is 3. The number of sulfonamides is 1. The van der Waals surface area contributed by atoms with Gasteiger partial charge in [0.2, 0.25) is 10.0 Å². The van der Waals surface area contributed by atoms with E-state index in [1.165, 1.54) is 0 Å². The van der Waals surface area contributed by atoms with Crippen molar-refractivity contribution in [3.63, 3.8) is 0 Å². The first-order valence-corrected chi connectivity index (χ1v) is 10.1. The first-order chi connectivity index (χ1) is 11.7. The summed E-state index contributed by atoms with van der Waals surface area (Å²) in [4.78, 5) is 12.6. The summed E-state index contributed by atoms with van der Waals surface area (Å²) in [6, 6.07) is 10.9. The maximum atomic E-state index is 12.6. The topological polar surface area (TPSA) is 75.3 Å². The molecule has 2 rings (SSSR count). The molecule has 0 atom stereocenters. The summed E-state index contributed by atoms with van der Waals surface area (Å²) < 4.78 is 25.2. The predicted octanol–water partition coefficient (Wildman–Crippen LogP) is 3.74. The van der Waals surface area contributed by atoms with Crippen LogP contribution in [0.25, 0.3) is 0 Å². The molecule has 0 aromatic heterocycles. The van der Waals surface area contributed by atoms with Crippen molar-refractivity contribution in [2.75, 3.05) is 16.3 Å². The standard InChI is InChI=1S/C19H24N2O3S/c1-5-14-8-7-9-15(6-2)18(14)20-19(22)16-10-11-17(13(3)12-16)21-25(4,23)24/h7-12,21H,5-6H2,1-4H3,(H,20,22). The second-order valence-electron chi connectivity index (χ2n) is 6.02. The fourth-order valence-electron chi connectivity index (χ4n) is 2.71. The van der Waals surface area contributed by atoms with Crippen molar-refractivity contribution in [2.45, 2.75) is 33.6 Å². The molecular formula is C19H24N2O3S. The summed E-state index contributed by atoms with van der Waals surface area (Å²) in [5.41, 5.74) is 4.72. The number of benzene rings is 2. The van der Waals surface area contributed by atoms with Crippen LogP contribution in [-0.2, 0) is 22.9 Å². The number of rotatable bonds is 6. The van der Waals surface area contributed by atoms with E-state index in [1.807, 2.05) is 18.2 Å². The second kappa shape index (κ2) is 7.70. The third-order valence-electron chi connectivity index (χ3n) is 4.02. The molecule has 2 aromatic rings. The molecule has 0 saturated heterocycles. The average molecular weight is 360 g/mol. The van der Waals surface area contributed by atoms with Crippen LogP contribution in [0.15, 0.2) is 36.4 Å². The van der Waals surface area contributed by atoms with Crippen LogP contribution in [0.5, 0.6) is 0 Å². The van der Waals surface area contributed by atoms with Crippen molar-refractivity contribution in [3.8, 4) is 0 Å². The molecule has 6 heteroatoms. The number of anilines is 2. The smallest absolute Gasteiger partial charge is 0.255 e. The molecule has 0 aliphatic heterocycles. The molecule has 1 amide bonds. The van der Waals surface area contributed by atoms with E-state index in [1.54, 1.807) is 25.1 Å². The molecule has 0 aliphatic rings. The Hall–Kier alpha value is -2.34. The summed E-state index contributed by atoms with van der Waals surface area (Å²) >= 11 is 0. The fraction of sp³-hybridized carbons (Fsp3) is 0.316. The highest BCUT2D eigenvalue weighted by Gasteiger charge is 2.13. The third kappa shape index (κ3) is 4.82. The van der Waals surface area contributed by atoms with Crippen molar-refractivity contribution in [2.24, 2.45) is 0 Å². The zero-order valence-electron chi connectivity index (χ0n) is 15.0. The van der Waals surface area contributed by atoms with Gasteiger partial charge in [0, 0.05) is 11.3 Å². The van der Waals surface area contributed by atoms with Crippen LogP contribution in [0.2, 0.25) is 0 Å². The van der Waals surface area contributed by atoms with E-state index in [9.17, 15) is 13.2 Å². The van der Waals surface area contributed by atoms with Gasteiger partial charge in [-0.2, -0.15) is 0 Å². The largest absolute Gasteiger partial charge is 0.321 e. The van der Waals surface area contributed by atoms with Crippen molar-refractivity contribution in [1.29, 1.82) is 0 Å². The molecule has 5 nitrogen and oxygen atoms in total. The summed E-state index contributed by atoms with van der Waals surface area (Å²) in [6.07, 6.45) is 2.76. The Labute approximate surface area is 149 Å². The number of hydrogen-bond acceptors (Lipinski definition) is 3. The van der Waals surface area contributed by atoms with Gasteiger partial charge in [0.25, 0.3) is 5.91 Å². The first-order valence-electron chi connectivity index (χ1n) is 8.25. The monoisotopic (exact) mass is 360 g/mol. The minimum atomic E-state index is -3.35. The van der Waals surface area contributed by atoms with E-state index < -0.39 is 10.0 Å². The minimum absolute atomic E-state index is 0.204. The Morgan fingerprint density at radius 1 is 1.04 bits per heavy atom. The number of carbonyl (C=O) groups excluding carboxylic acids is 1. The summed E-state index contributed by atoms with van der Waals surface area (Å²) in [7, 11) is -3.35. The maximum absolute atomic E-state index is 12.6. The van der Waals surface area contributed by atoms with Gasteiger partial charge in [0.05, 0.1) is 11.9 Å². The molecule has 2 N–H and O–H groups in total. The molecule has 0 fully saturated rings. The van der Waals surface area contributed by atoms with Gasteiger partial charge in [0.1, 0.15) is 0 Å². The Bertz CT molecular complexity index is 867. The molecule has 134 valence electrons. The number of carbonyl (C=O) groups is 1. The highest BCUT2D eigenvalue weighted by atomic mass is 32.2. The zero-order chi connectivity index (χ0) is 18.6. The van der Waals surface area contributed by atoms with Crippen molar-refractivity contribution in [3.05, 3.63) is 58.7 Å². The van der Waals surface area contributed by atoms with E-state index in [2.05, 4.69) is 23.9 Å². The molecule has 25 heavy (non-hydrogen) atoms. The van der Waals surface area contributed by atoms with Gasteiger partial charge in [-0.1, -0.05) is 32.0 Å². The third-order valence-corrected chi connectivity index (χ3v) is 4.61. The van der Waals surface area contributed by atoms with Crippen molar-refractivity contribution >= 4 is 27.3 Å². The van der Waals surface area contributed by atoms with Gasteiger partial charge in [-0.05, 0) is 54.7 Å². The van der Waals surface area contributed by atoms with Crippen molar-refractivity contribution in [1.82, 2.24) is 0 Å². The molecule has 2 aromatic carbocycles. The molecule has 0 bridgehead atoms. The SMILES string of the molecule is CCc1cccc(CC)c1NC(=O)c1ccc(NS(C)(=O)=O)c(C)c1.